The fourth-order valence-electron chi connectivity index (χ4n) is 2.54. The molecule has 4 rings (SSSR count). The van der Waals surface area contributed by atoms with Gasteiger partial charge in [0.15, 0.2) is 0 Å². The molecule has 5 nitrogen and oxygen atoms in total. The van der Waals surface area contributed by atoms with E-state index in [0.717, 1.165) is 20.1 Å². The molecule has 1 aliphatic heterocycles. The molecule has 0 bridgehead atoms. The number of thiazole rings is 1. The van der Waals surface area contributed by atoms with Crippen molar-refractivity contribution in [2.24, 2.45) is 0 Å². The van der Waals surface area contributed by atoms with Crippen LogP contribution < -0.4 is 0 Å². The first-order valence-corrected chi connectivity index (χ1v) is 9.11. The Morgan fingerprint density at radius 1 is 1.25 bits per heavy atom. The van der Waals surface area contributed by atoms with Gasteiger partial charge in [0.05, 0.1) is 15.1 Å². The number of cyclic esters (lactones) is 1. The van der Waals surface area contributed by atoms with E-state index in [-0.39, 0.29) is 6.10 Å². The van der Waals surface area contributed by atoms with Crippen molar-refractivity contribution in [2.45, 2.75) is 25.6 Å². The molecule has 7 heteroatoms. The van der Waals surface area contributed by atoms with Gasteiger partial charge in [-0.1, -0.05) is 12.1 Å². The van der Waals surface area contributed by atoms with Gasteiger partial charge in [0.1, 0.15) is 16.0 Å². The summed E-state index contributed by atoms with van der Waals surface area (Å²) in [4.78, 5) is 29.8. The van der Waals surface area contributed by atoms with Crippen LogP contribution >= 0.6 is 22.7 Å². The molecule has 0 N–H and O–H groups in total. The van der Waals surface area contributed by atoms with E-state index >= 15 is 0 Å². The van der Waals surface area contributed by atoms with Crippen LogP contribution in [0.1, 0.15) is 23.0 Å². The molecule has 0 spiro atoms. The first kappa shape index (κ1) is 15.3. The van der Waals surface area contributed by atoms with Gasteiger partial charge < -0.3 is 9.47 Å². The summed E-state index contributed by atoms with van der Waals surface area (Å²) in [5.41, 5.74) is 0.942. The van der Waals surface area contributed by atoms with Crippen LogP contribution in [0.2, 0.25) is 0 Å². The Hall–Kier alpha value is -2.25. The lowest BCUT2D eigenvalue weighted by molar-refractivity contribution is -0.147. The molecular weight excluding hydrogens is 346 g/mol. The van der Waals surface area contributed by atoms with E-state index < -0.39 is 18.0 Å². The zero-order valence-electron chi connectivity index (χ0n) is 12.7. The number of esters is 2. The molecule has 1 aromatic carbocycles. The van der Waals surface area contributed by atoms with Crippen molar-refractivity contribution in [2.75, 3.05) is 0 Å². The van der Waals surface area contributed by atoms with Crippen molar-refractivity contribution in [3.63, 3.8) is 0 Å². The highest BCUT2D eigenvalue weighted by Crippen LogP contribution is 2.34. The highest BCUT2D eigenvalue weighted by atomic mass is 32.1. The monoisotopic (exact) mass is 359 g/mol. The average molecular weight is 359 g/mol. The molecule has 3 aromatic rings. The third kappa shape index (κ3) is 2.81. The van der Waals surface area contributed by atoms with Crippen LogP contribution in [-0.4, -0.2) is 29.1 Å². The molecule has 0 radical (unpaired) electrons. The lowest BCUT2D eigenvalue weighted by Crippen LogP contribution is -2.22. The number of nitrogens with zero attached hydrogens (tertiary/aromatic N) is 1. The summed E-state index contributed by atoms with van der Waals surface area (Å²) in [6.45, 7) is 1.78. The van der Waals surface area contributed by atoms with Crippen LogP contribution in [0, 0.1) is 0 Å². The van der Waals surface area contributed by atoms with Gasteiger partial charge in [-0.05, 0) is 31.2 Å². The Morgan fingerprint density at radius 3 is 2.83 bits per heavy atom. The second-order valence-electron chi connectivity index (χ2n) is 5.53. The van der Waals surface area contributed by atoms with E-state index in [9.17, 15) is 9.59 Å². The molecule has 2 aromatic heterocycles. The third-order valence-electron chi connectivity index (χ3n) is 3.69. The second-order valence-corrected chi connectivity index (χ2v) is 7.64. The molecule has 24 heavy (non-hydrogen) atoms. The maximum Gasteiger partial charge on any atom is 0.349 e. The fraction of sp³-hybridized carbons (Fsp3) is 0.235. The molecule has 1 aliphatic rings. The summed E-state index contributed by atoms with van der Waals surface area (Å²) in [5.74, 6) is -0.970. The Balaban J connectivity index is 1.54. The lowest BCUT2D eigenvalue weighted by atomic mass is 10.2. The highest BCUT2D eigenvalue weighted by Gasteiger charge is 2.35. The molecule has 1 fully saturated rings. The molecule has 0 amide bonds. The summed E-state index contributed by atoms with van der Waals surface area (Å²) in [6.07, 6.45) is -0.613. The largest absolute Gasteiger partial charge is 0.460 e. The van der Waals surface area contributed by atoms with Gasteiger partial charge in [0.25, 0.3) is 0 Å². The number of thiophene rings is 1. The predicted molar refractivity (Wildman–Crippen MR) is 92.3 cm³/mol. The van der Waals surface area contributed by atoms with Crippen molar-refractivity contribution in [3.05, 3.63) is 41.3 Å². The quantitative estimate of drug-likeness (QED) is 0.664. The van der Waals surface area contributed by atoms with Crippen molar-refractivity contribution >= 4 is 44.8 Å². The maximum atomic E-state index is 12.2. The molecule has 0 saturated carbocycles. The lowest BCUT2D eigenvalue weighted by Gasteiger charge is -2.06. The summed E-state index contributed by atoms with van der Waals surface area (Å²) in [5, 5.41) is 0.870. The molecule has 2 atom stereocenters. The van der Waals surface area contributed by atoms with Crippen LogP contribution in [-0.2, 0) is 14.3 Å². The van der Waals surface area contributed by atoms with Crippen molar-refractivity contribution < 1.29 is 19.1 Å². The Morgan fingerprint density at radius 2 is 2.08 bits per heavy atom. The molecule has 0 unspecified atom stereocenters. The number of carbonyl (C=O) groups is 2. The summed E-state index contributed by atoms with van der Waals surface area (Å²) >= 11 is 2.90. The number of hydrogen-bond acceptors (Lipinski definition) is 7. The fourth-order valence-corrected chi connectivity index (χ4v) is 4.45. The van der Waals surface area contributed by atoms with Crippen molar-refractivity contribution in [1.29, 1.82) is 0 Å². The predicted octanol–water partition coefficient (Wildman–Crippen LogP) is 3.89. The van der Waals surface area contributed by atoms with Crippen LogP contribution in [0.15, 0.2) is 36.4 Å². The topological polar surface area (TPSA) is 65.5 Å². The van der Waals surface area contributed by atoms with E-state index in [0.29, 0.717) is 11.3 Å². The van der Waals surface area contributed by atoms with Gasteiger partial charge in [0, 0.05) is 6.42 Å². The van der Waals surface area contributed by atoms with E-state index in [1.54, 1.807) is 24.3 Å². The minimum Gasteiger partial charge on any atom is -0.460 e. The third-order valence-corrected chi connectivity index (χ3v) is 5.96. The summed E-state index contributed by atoms with van der Waals surface area (Å²) in [7, 11) is 0. The zero-order valence-corrected chi connectivity index (χ0v) is 14.4. The number of aromatic nitrogens is 1. The van der Waals surface area contributed by atoms with Gasteiger partial charge in [-0.15, -0.1) is 22.7 Å². The first-order chi connectivity index (χ1) is 11.6. The Bertz CT molecular complexity index is 896. The Kier molecular flexibility index (Phi) is 3.82. The van der Waals surface area contributed by atoms with Crippen LogP contribution in [0.4, 0.5) is 0 Å². The number of carbonyl (C=O) groups excluding carboxylic acids is 2. The van der Waals surface area contributed by atoms with Gasteiger partial charge >= 0.3 is 11.9 Å². The highest BCUT2D eigenvalue weighted by molar-refractivity contribution is 7.26. The number of hydrogen-bond donors (Lipinski definition) is 0. The smallest absolute Gasteiger partial charge is 0.349 e. The number of fused-ring (bicyclic) bond motifs is 1. The van der Waals surface area contributed by atoms with Crippen molar-refractivity contribution in [1.82, 2.24) is 4.98 Å². The maximum absolute atomic E-state index is 12.2. The number of para-hydroxylation sites is 1. The number of benzene rings is 1. The standard InChI is InChI=1S/C17H13NO4S2/c1-9-8-11(16(19)21-9)22-17(20)14-7-6-13(23-14)15-18-10-4-2-3-5-12(10)24-15/h2-7,9,11H,8H2,1H3/t9-,11-/m1/s1. The minimum absolute atomic E-state index is 0.211. The molecule has 3 heterocycles. The average Bonchev–Trinajstić information content (AvgIpc) is 3.25. The van der Waals surface area contributed by atoms with E-state index in [1.807, 2.05) is 30.3 Å². The van der Waals surface area contributed by atoms with Gasteiger partial charge in [0.2, 0.25) is 6.10 Å². The van der Waals surface area contributed by atoms with Crippen molar-refractivity contribution in [3.8, 4) is 9.88 Å². The van der Waals surface area contributed by atoms with Crippen LogP contribution in [0.5, 0.6) is 0 Å². The molecule has 0 aliphatic carbocycles. The van der Waals surface area contributed by atoms with Crippen LogP contribution in [0.3, 0.4) is 0 Å². The van der Waals surface area contributed by atoms with Gasteiger partial charge in [-0.25, -0.2) is 14.6 Å². The van der Waals surface area contributed by atoms with Crippen LogP contribution in [0.25, 0.3) is 20.1 Å². The molecule has 122 valence electrons. The number of ether oxygens (including phenoxy) is 2. The number of rotatable bonds is 3. The molecular formula is C17H13NO4S2. The first-order valence-electron chi connectivity index (χ1n) is 7.47. The van der Waals surface area contributed by atoms with E-state index in [2.05, 4.69) is 4.98 Å². The van der Waals surface area contributed by atoms with Gasteiger partial charge in [-0.2, -0.15) is 0 Å². The minimum atomic E-state index is -0.805. The SMILES string of the molecule is C[C@@H]1C[C@@H](OC(=O)c2ccc(-c3nc4ccccc4s3)s2)C(=O)O1. The summed E-state index contributed by atoms with van der Waals surface area (Å²) < 4.78 is 11.4. The Labute approximate surface area is 145 Å². The summed E-state index contributed by atoms with van der Waals surface area (Å²) in [6, 6.07) is 11.5. The van der Waals surface area contributed by atoms with E-state index in [1.165, 1.54) is 11.3 Å². The zero-order chi connectivity index (χ0) is 16.7. The van der Waals surface area contributed by atoms with E-state index in [4.69, 9.17) is 9.47 Å². The van der Waals surface area contributed by atoms with Gasteiger partial charge in [-0.3, -0.25) is 0 Å². The second kappa shape index (κ2) is 5.99. The normalized spacial score (nSPS) is 20.3. The molecule has 1 saturated heterocycles.